The van der Waals surface area contributed by atoms with Crippen molar-refractivity contribution in [2.45, 2.75) is 31.0 Å². The summed E-state index contributed by atoms with van der Waals surface area (Å²) >= 11 is 0. The van der Waals surface area contributed by atoms with E-state index in [2.05, 4.69) is 5.32 Å². The zero-order valence-corrected chi connectivity index (χ0v) is 16.9. The average molecular weight is 416 g/mol. The third-order valence-electron chi connectivity index (χ3n) is 5.46. The van der Waals surface area contributed by atoms with Gasteiger partial charge in [-0.1, -0.05) is 30.3 Å². The van der Waals surface area contributed by atoms with Crippen LogP contribution in [0.15, 0.2) is 48.5 Å². The molecule has 0 unspecified atom stereocenters. The lowest BCUT2D eigenvalue weighted by Crippen LogP contribution is -2.59. The quantitative estimate of drug-likeness (QED) is 0.723. The van der Waals surface area contributed by atoms with Gasteiger partial charge in [-0.05, 0) is 36.6 Å². The number of benzene rings is 2. The Hall–Kier alpha value is -3.13. The van der Waals surface area contributed by atoms with Gasteiger partial charge in [0.2, 0.25) is 5.91 Å². The lowest BCUT2D eigenvalue weighted by atomic mass is 9.96. The third-order valence-corrected chi connectivity index (χ3v) is 5.46. The van der Waals surface area contributed by atoms with Crippen LogP contribution in [0.3, 0.4) is 0 Å². The zero-order valence-electron chi connectivity index (χ0n) is 16.9. The molecule has 0 spiro atoms. The molecule has 0 saturated carbocycles. The van der Waals surface area contributed by atoms with Crippen molar-refractivity contribution in [3.63, 3.8) is 0 Å². The first-order valence-electron chi connectivity index (χ1n) is 9.62. The highest BCUT2D eigenvalue weighted by Gasteiger charge is 2.54. The Labute approximate surface area is 174 Å². The number of carbonyl (C=O) groups excluding carboxylic acids is 1. The molecule has 0 aliphatic carbocycles. The highest BCUT2D eigenvalue weighted by molar-refractivity contribution is 5.90. The van der Waals surface area contributed by atoms with Crippen molar-refractivity contribution < 1.29 is 28.6 Å². The number of rotatable bonds is 7. The lowest BCUT2D eigenvalue weighted by molar-refractivity contribution is -0.134. The first-order valence-corrected chi connectivity index (χ1v) is 9.62. The molecule has 2 atom stereocenters. The number of hydrogen-bond acceptors (Lipinski definition) is 4. The van der Waals surface area contributed by atoms with Crippen LogP contribution < -0.4 is 10.1 Å². The second-order valence-electron chi connectivity index (χ2n) is 7.20. The van der Waals surface area contributed by atoms with Gasteiger partial charge in [0.25, 0.3) is 0 Å². The van der Waals surface area contributed by atoms with Gasteiger partial charge in [-0.2, -0.15) is 0 Å². The molecule has 3 rings (SSSR count). The SMILES string of the molecule is CNC(=O)[C@]1(COC)CC[C@H](c2ccc(OCc3ccccc3F)cc2)N1C(=O)O. The number of amides is 2. The van der Waals surface area contributed by atoms with E-state index in [0.717, 1.165) is 5.56 Å². The molecular formula is C22H25FN2O5. The Kier molecular flexibility index (Phi) is 6.56. The number of nitrogens with one attached hydrogen (secondary N) is 1. The van der Waals surface area contributed by atoms with E-state index in [1.165, 1.54) is 25.1 Å². The normalized spacial score (nSPS) is 20.8. The first-order chi connectivity index (χ1) is 14.4. The molecule has 30 heavy (non-hydrogen) atoms. The number of likely N-dealkylation sites (N-methyl/N-ethyl adjacent to an activating group) is 1. The predicted molar refractivity (Wildman–Crippen MR) is 108 cm³/mol. The maximum Gasteiger partial charge on any atom is 0.408 e. The number of halogens is 1. The monoisotopic (exact) mass is 416 g/mol. The first kappa shape index (κ1) is 21.6. The Morgan fingerprint density at radius 3 is 2.53 bits per heavy atom. The molecule has 0 bridgehead atoms. The van der Waals surface area contributed by atoms with E-state index in [4.69, 9.17) is 9.47 Å². The molecule has 1 fully saturated rings. The van der Waals surface area contributed by atoms with Crippen molar-refractivity contribution >= 4 is 12.0 Å². The van der Waals surface area contributed by atoms with Gasteiger partial charge in [-0.3, -0.25) is 9.69 Å². The van der Waals surface area contributed by atoms with Gasteiger partial charge in [0.05, 0.1) is 12.6 Å². The zero-order chi connectivity index (χ0) is 21.7. The van der Waals surface area contributed by atoms with E-state index < -0.39 is 17.7 Å². The number of likely N-dealkylation sites (tertiary alicyclic amines) is 1. The molecule has 2 amide bonds. The maximum absolute atomic E-state index is 13.7. The van der Waals surface area contributed by atoms with Gasteiger partial charge in [0.1, 0.15) is 23.7 Å². The summed E-state index contributed by atoms with van der Waals surface area (Å²) in [6.45, 7) is 0.0592. The minimum Gasteiger partial charge on any atom is -0.489 e. The molecule has 2 N–H and O–H groups in total. The number of carbonyl (C=O) groups is 2. The fourth-order valence-corrected chi connectivity index (χ4v) is 4.02. The van der Waals surface area contributed by atoms with E-state index in [0.29, 0.717) is 24.2 Å². The molecule has 1 aliphatic rings. The van der Waals surface area contributed by atoms with Crippen LogP contribution in [0.4, 0.5) is 9.18 Å². The fourth-order valence-electron chi connectivity index (χ4n) is 4.02. The molecule has 7 nitrogen and oxygen atoms in total. The van der Waals surface area contributed by atoms with E-state index in [1.807, 2.05) is 0 Å². The fraction of sp³-hybridized carbons (Fsp3) is 0.364. The van der Waals surface area contributed by atoms with Crippen LogP contribution in [-0.4, -0.2) is 48.3 Å². The molecule has 1 heterocycles. The summed E-state index contributed by atoms with van der Waals surface area (Å²) in [7, 11) is 2.93. The second-order valence-corrected chi connectivity index (χ2v) is 7.20. The largest absolute Gasteiger partial charge is 0.489 e. The molecule has 2 aromatic carbocycles. The summed E-state index contributed by atoms with van der Waals surface area (Å²) in [5.41, 5.74) is -0.0816. The van der Waals surface area contributed by atoms with Crippen LogP contribution in [0, 0.1) is 5.82 Å². The number of ether oxygens (including phenoxy) is 2. The standard InChI is InChI=1S/C22H25FN2O5/c1-24-20(26)22(14-29-2)12-11-19(25(22)21(27)28)15-7-9-17(10-8-15)30-13-16-5-3-4-6-18(16)23/h3-10,19H,11-14H2,1-2H3,(H,24,26)(H,27,28)/t19-,22-/m1/s1. The van der Waals surface area contributed by atoms with Gasteiger partial charge in [-0.25, -0.2) is 9.18 Å². The van der Waals surface area contributed by atoms with Crippen LogP contribution in [0.5, 0.6) is 5.75 Å². The van der Waals surface area contributed by atoms with Crippen LogP contribution in [0.1, 0.15) is 30.0 Å². The van der Waals surface area contributed by atoms with Gasteiger partial charge in [-0.15, -0.1) is 0 Å². The molecule has 2 aromatic rings. The van der Waals surface area contributed by atoms with Crippen LogP contribution >= 0.6 is 0 Å². The minimum absolute atomic E-state index is 0.0285. The van der Waals surface area contributed by atoms with Gasteiger partial charge in [0, 0.05) is 19.7 Å². The second kappa shape index (κ2) is 9.13. The summed E-state index contributed by atoms with van der Waals surface area (Å²) in [5, 5.41) is 12.4. The van der Waals surface area contributed by atoms with E-state index in [-0.39, 0.29) is 24.9 Å². The van der Waals surface area contributed by atoms with E-state index in [9.17, 15) is 19.1 Å². The van der Waals surface area contributed by atoms with E-state index >= 15 is 0 Å². The average Bonchev–Trinajstić information content (AvgIpc) is 3.14. The highest BCUT2D eigenvalue weighted by Crippen LogP contribution is 2.43. The summed E-state index contributed by atoms with van der Waals surface area (Å²) in [5.74, 6) is -0.184. The van der Waals surface area contributed by atoms with Crippen molar-refractivity contribution in [1.29, 1.82) is 0 Å². The van der Waals surface area contributed by atoms with Gasteiger partial charge < -0.3 is 19.9 Å². The van der Waals surface area contributed by atoms with Crippen molar-refractivity contribution in [1.82, 2.24) is 10.2 Å². The number of methoxy groups -OCH3 is 1. The Balaban J connectivity index is 1.78. The summed E-state index contributed by atoms with van der Waals surface area (Å²) in [4.78, 5) is 25.8. The van der Waals surface area contributed by atoms with Crippen molar-refractivity contribution in [3.8, 4) is 5.75 Å². The predicted octanol–water partition coefficient (Wildman–Crippen LogP) is 3.35. The third kappa shape index (κ3) is 4.09. The number of carboxylic acid groups (broad SMARTS) is 1. The van der Waals surface area contributed by atoms with Crippen LogP contribution in [0.2, 0.25) is 0 Å². The molecule has 0 aromatic heterocycles. The smallest absolute Gasteiger partial charge is 0.408 e. The molecule has 1 aliphatic heterocycles. The Morgan fingerprint density at radius 2 is 1.93 bits per heavy atom. The lowest BCUT2D eigenvalue weighted by Gasteiger charge is -2.37. The molecule has 0 radical (unpaired) electrons. The molecule has 8 heteroatoms. The van der Waals surface area contributed by atoms with Crippen molar-refractivity contribution in [2.24, 2.45) is 0 Å². The van der Waals surface area contributed by atoms with Crippen molar-refractivity contribution in [2.75, 3.05) is 20.8 Å². The van der Waals surface area contributed by atoms with Crippen LogP contribution in [-0.2, 0) is 16.1 Å². The van der Waals surface area contributed by atoms with Gasteiger partial charge in [0.15, 0.2) is 0 Å². The topological polar surface area (TPSA) is 88.1 Å². The summed E-state index contributed by atoms with van der Waals surface area (Å²) < 4.78 is 24.6. The van der Waals surface area contributed by atoms with Gasteiger partial charge >= 0.3 is 6.09 Å². The Morgan fingerprint density at radius 1 is 1.23 bits per heavy atom. The van der Waals surface area contributed by atoms with E-state index in [1.54, 1.807) is 42.5 Å². The molecule has 160 valence electrons. The van der Waals surface area contributed by atoms with Crippen LogP contribution in [0.25, 0.3) is 0 Å². The molecule has 1 saturated heterocycles. The number of nitrogens with zero attached hydrogens (tertiary/aromatic N) is 1. The summed E-state index contributed by atoms with van der Waals surface area (Å²) in [6.07, 6.45) is -0.348. The summed E-state index contributed by atoms with van der Waals surface area (Å²) in [6, 6.07) is 12.9. The maximum atomic E-state index is 13.7. The highest BCUT2D eigenvalue weighted by atomic mass is 19.1. The minimum atomic E-state index is -1.28. The van der Waals surface area contributed by atoms with Crippen molar-refractivity contribution in [3.05, 3.63) is 65.5 Å². The molecular weight excluding hydrogens is 391 g/mol. The number of hydrogen-bond donors (Lipinski definition) is 2. The Bertz CT molecular complexity index is 905.